The molecule has 2 aliphatic rings. The van der Waals surface area contributed by atoms with Gasteiger partial charge in [0.2, 0.25) is 5.91 Å². The average Bonchev–Trinajstić information content (AvgIpc) is 2.80. The first-order valence-electron chi connectivity index (χ1n) is 10.3. The molecule has 0 spiro atoms. The summed E-state index contributed by atoms with van der Waals surface area (Å²) >= 11 is 0. The molecule has 3 heterocycles. The third kappa shape index (κ3) is 4.60. The third-order valence-corrected chi connectivity index (χ3v) is 5.61. The minimum Gasteiger partial charge on any atom is -0.379 e. The van der Waals surface area contributed by atoms with Gasteiger partial charge in [-0.2, -0.15) is 0 Å². The molecule has 2 amide bonds. The topological polar surface area (TPSA) is 85.9 Å². The Morgan fingerprint density at radius 3 is 2.20 bits per heavy atom. The van der Waals surface area contributed by atoms with Gasteiger partial charge in [0.15, 0.2) is 0 Å². The van der Waals surface area contributed by atoms with Gasteiger partial charge in [0.05, 0.1) is 19.8 Å². The summed E-state index contributed by atoms with van der Waals surface area (Å²) in [6, 6.07) is 12.8. The number of piperazine rings is 1. The van der Waals surface area contributed by atoms with Crippen LogP contribution in [-0.2, 0) is 9.53 Å². The van der Waals surface area contributed by atoms with E-state index in [2.05, 4.69) is 9.88 Å². The molecule has 1 aromatic heterocycles. The summed E-state index contributed by atoms with van der Waals surface area (Å²) < 4.78 is 5.31. The smallest absolute Gasteiger partial charge is 0.261 e. The molecule has 8 nitrogen and oxygen atoms in total. The van der Waals surface area contributed by atoms with Gasteiger partial charge in [0, 0.05) is 45.0 Å². The first-order valence-corrected chi connectivity index (χ1v) is 10.3. The Bertz CT molecular complexity index is 945. The van der Waals surface area contributed by atoms with Crippen molar-refractivity contribution in [3.8, 4) is 11.3 Å². The van der Waals surface area contributed by atoms with Crippen molar-refractivity contribution in [1.29, 1.82) is 0 Å². The quantitative estimate of drug-likeness (QED) is 0.800. The Balaban J connectivity index is 1.35. The SMILES string of the molecule is O=C(CN1CCOCC1)N1CCN(C(=O)c2ccc(-c3ccccc3)[nH]c2=O)CC1. The lowest BCUT2D eigenvalue weighted by Crippen LogP contribution is -2.53. The molecule has 2 fully saturated rings. The average molecular weight is 410 g/mol. The van der Waals surface area contributed by atoms with Crippen molar-refractivity contribution >= 4 is 11.8 Å². The maximum atomic E-state index is 12.8. The molecule has 2 saturated heterocycles. The van der Waals surface area contributed by atoms with Crippen LogP contribution in [0.2, 0.25) is 0 Å². The maximum Gasteiger partial charge on any atom is 0.261 e. The molecule has 158 valence electrons. The van der Waals surface area contributed by atoms with E-state index in [0.717, 1.165) is 18.7 Å². The van der Waals surface area contributed by atoms with Crippen molar-refractivity contribution in [2.45, 2.75) is 0 Å². The van der Waals surface area contributed by atoms with Crippen molar-refractivity contribution in [1.82, 2.24) is 19.7 Å². The second-order valence-electron chi connectivity index (χ2n) is 7.54. The van der Waals surface area contributed by atoms with Crippen LogP contribution in [0.5, 0.6) is 0 Å². The van der Waals surface area contributed by atoms with E-state index in [1.54, 1.807) is 21.9 Å². The number of ether oxygens (including phenoxy) is 1. The lowest BCUT2D eigenvalue weighted by molar-refractivity contribution is -0.134. The molecule has 0 radical (unpaired) electrons. The fourth-order valence-electron chi connectivity index (χ4n) is 3.81. The van der Waals surface area contributed by atoms with E-state index in [4.69, 9.17) is 4.74 Å². The molecular formula is C22H26N4O4. The van der Waals surface area contributed by atoms with Crippen molar-refractivity contribution in [2.24, 2.45) is 0 Å². The normalized spacial score (nSPS) is 17.7. The highest BCUT2D eigenvalue weighted by molar-refractivity contribution is 5.94. The molecule has 1 aromatic carbocycles. The van der Waals surface area contributed by atoms with Crippen LogP contribution in [0.1, 0.15) is 10.4 Å². The van der Waals surface area contributed by atoms with Gasteiger partial charge in [-0.25, -0.2) is 0 Å². The number of aromatic nitrogens is 1. The molecule has 0 saturated carbocycles. The summed E-state index contributed by atoms with van der Waals surface area (Å²) in [4.78, 5) is 46.2. The number of aromatic amines is 1. The van der Waals surface area contributed by atoms with Gasteiger partial charge in [-0.15, -0.1) is 0 Å². The van der Waals surface area contributed by atoms with Gasteiger partial charge < -0.3 is 19.5 Å². The minimum absolute atomic E-state index is 0.0778. The molecule has 2 aromatic rings. The fourth-order valence-corrected chi connectivity index (χ4v) is 3.81. The number of carbonyl (C=O) groups is 2. The standard InChI is InChI=1S/C22H26N4O4/c27-20(16-24-12-14-30-15-13-24)25-8-10-26(11-9-25)22(29)18-6-7-19(23-21(18)28)17-4-2-1-3-5-17/h1-7H,8-16H2,(H,23,28). The Labute approximate surface area is 175 Å². The highest BCUT2D eigenvalue weighted by Gasteiger charge is 2.27. The van der Waals surface area contributed by atoms with Crippen LogP contribution in [-0.4, -0.2) is 90.5 Å². The zero-order chi connectivity index (χ0) is 20.9. The Kier molecular flexibility index (Phi) is 6.25. The van der Waals surface area contributed by atoms with Crippen LogP contribution in [0, 0.1) is 0 Å². The van der Waals surface area contributed by atoms with E-state index in [-0.39, 0.29) is 17.4 Å². The summed E-state index contributed by atoms with van der Waals surface area (Å²) in [5, 5.41) is 0. The number of morpholine rings is 1. The lowest BCUT2D eigenvalue weighted by atomic mass is 10.1. The number of amides is 2. The van der Waals surface area contributed by atoms with Gasteiger partial charge in [-0.05, 0) is 17.7 Å². The van der Waals surface area contributed by atoms with Gasteiger partial charge in [-0.3, -0.25) is 19.3 Å². The predicted molar refractivity (Wildman–Crippen MR) is 112 cm³/mol. The molecule has 0 aliphatic carbocycles. The number of hydrogen-bond acceptors (Lipinski definition) is 5. The van der Waals surface area contributed by atoms with Crippen LogP contribution >= 0.6 is 0 Å². The van der Waals surface area contributed by atoms with Crippen LogP contribution in [0.15, 0.2) is 47.3 Å². The van der Waals surface area contributed by atoms with Crippen LogP contribution < -0.4 is 5.56 Å². The van der Waals surface area contributed by atoms with Crippen molar-refractivity contribution in [3.63, 3.8) is 0 Å². The maximum absolute atomic E-state index is 12.8. The van der Waals surface area contributed by atoms with Gasteiger partial charge in [0.1, 0.15) is 5.56 Å². The summed E-state index contributed by atoms with van der Waals surface area (Å²) in [7, 11) is 0. The number of H-pyrrole nitrogens is 1. The Hall–Kier alpha value is -2.97. The first-order chi connectivity index (χ1) is 14.6. The number of benzene rings is 1. The Morgan fingerprint density at radius 2 is 1.53 bits per heavy atom. The van der Waals surface area contributed by atoms with Crippen molar-refractivity contribution in [3.05, 3.63) is 58.4 Å². The zero-order valence-corrected chi connectivity index (χ0v) is 16.9. The number of rotatable bonds is 4. The largest absolute Gasteiger partial charge is 0.379 e. The van der Waals surface area contributed by atoms with E-state index in [9.17, 15) is 14.4 Å². The number of nitrogens with zero attached hydrogens (tertiary/aromatic N) is 3. The van der Waals surface area contributed by atoms with E-state index < -0.39 is 5.56 Å². The first kappa shape index (κ1) is 20.3. The minimum atomic E-state index is -0.396. The molecule has 1 N–H and O–H groups in total. The van der Waals surface area contributed by atoms with Gasteiger partial charge in [0.25, 0.3) is 11.5 Å². The molecular weight excluding hydrogens is 384 g/mol. The predicted octanol–water partition coefficient (Wildman–Crippen LogP) is 0.659. The molecule has 0 bridgehead atoms. The molecule has 30 heavy (non-hydrogen) atoms. The van der Waals surface area contributed by atoms with E-state index >= 15 is 0 Å². The van der Waals surface area contributed by atoms with E-state index in [1.165, 1.54) is 0 Å². The summed E-state index contributed by atoms with van der Waals surface area (Å²) in [5.41, 5.74) is 1.30. The third-order valence-electron chi connectivity index (χ3n) is 5.61. The number of pyridine rings is 1. The second-order valence-corrected chi connectivity index (χ2v) is 7.54. The fraction of sp³-hybridized carbons (Fsp3) is 0.409. The molecule has 4 rings (SSSR count). The number of hydrogen-bond donors (Lipinski definition) is 1. The lowest BCUT2D eigenvalue weighted by Gasteiger charge is -2.36. The molecule has 0 unspecified atom stereocenters. The molecule has 2 aliphatic heterocycles. The Morgan fingerprint density at radius 1 is 0.867 bits per heavy atom. The summed E-state index contributed by atoms with van der Waals surface area (Å²) in [6.07, 6.45) is 0. The van der Waals surface area contributed by atoms with Crippen LogP contribution in [0.4, 0.5) is 0 Å². The second kappa shape index (κ2) is 9.23. The van der Waals surface area contributed by atoms with E-state index in [0.29, 0.717) is 51.6 Å². The van der Waals surface area contributed by atoms with E-state index in [1.807, 2.05) is 30.3 Å². The van der Waals surface area contributed by atoms with Crippen LogP contribution in [0.25, 0.3) is 11.3 Å². The highest BCUT2D eigenvalue weighted by Crippen LogP contribution is 2.15. The van der Waals surface area contributed by atoms with Gasteiger partial charge in [-0.1, -0.05) is 30.3 Å². The summed E-state index contributed by atoms with van der Waals surface area (Å²) in [5.74, 6) is -0.217. The molecule has 0 atom stereocenters. The van der Waals surface area contributed by atoms with Crippen molar-refractivity contribution < 1.29 is 14.3 Å². The van der Waals surface area contributed by atoms with Crippen LogP contribution in [0.3, 0.4) is 0 Å². The zero-order valence-electron chi connectivity index (χ0n) is 16.9. The highest BCUT2D eigenvalue weighted by atomic mass is 16.5. The number of carbonyl (C=O) groups excluding carboxylic acids is 2. The monoisotopic (exact) mass is 410 g/mol. The molecule has 8 heteroatoms. The van der Waals surface area contributed by atoms with Gasteiger partial charge >= 0.3 is 0 Å². The van der Waals surface area contributed by atoms with Crippen molar-refractivity contribution in [2.75, 3.05) is 59.0 Å². The number of nitrogens with one attached hydrogen (secondary N) is 1. The summed E-state index contributed by atoms with van der Waals surface area (Å²) in [6.45, 7) is 5.06.